The monoisotopic (exact) mass is 267 g/mol. The van der Waals surface area contributed by atoms with Crippen molar-refractivity contribution < 1.29 is 14.9 Å². The summed E-state index contributed by atoms with van der Waals surface area (Å²) < 4.78 is 5.06. The Hall–Kier alpha value is -1.26. The number of nitrogens with one attached hydrogen (secondary N) is 1. The van der Waals surface area contributed by atoms with Gasteiger partial charge in [0.25, 0.3) is 0 Å². The van der Waals surface area contributed by atoms with Gasteiger partial charge < -0.3 is 20.3 Å². The molecule has 1 aromatic carbocycles. The highest BCUT2D eigenvalue weighted by Crippen LogP contribution is 2.28. The Morgan fingerprint density at radius 3 is 2.42 bits per heavy atom. The number of hydrogen-bond donors (Lipinski definition) is 3. The normalized spacial score (nSPS) is 14.4. The zero-order chi connectivity index (χ0) is 14.4. The zero-order valence-corrected chi connectivity index (χ0v) is 12.2. The molecule has 1 rings (SSSR count). The van der Waals surface area contributed by atoms with Crippen LogP contribution in [0.15, 0.2) is 18.2 Å². The van der Waals surface area contributed by atoms with Crippen LogP contribution in [0.5, 0.6) is 11.5 Å². The Balaban J connectivity index is 2.73. The van der Waals surface area contributed by atoms with Gasteiger partial charge in [-0.25, -0.2) is 0 Å². The average molecular weight is 267 g/mol. The van der Waals surface area contributed by atoms with Crippen molar-refractivity contribution in [1.29, 1.82) is 0 Å². The molecular formula is C15H25NO3. The first-order valence-corrected chi connectivity index (χ1v) is 6.71. The predicted molar refractivity (Wildman–Crippen MR) is 76.5 cm³/mol. The molecule has 0 aliphatic heterocycles. The van der Waals surface area contributed by atoms with E-state index in [-0.39, 0.29) is 24.4 Å². The molecule has 0 aliphatic carbocycles. The summed E-state index contributed by atoms with van der Waals surface area (Å²) in [5, 5.41) is 22.7. The summed E-state index contributed by atoms with van der Waals surface area (Å²) in [4.78, 5) is 0. The molecule has 4 heteroatoms. The summed E-state index contributed by atoms with van der Waals surface area (Å²) >= 11 is 0. The average Bonchev–Trinajstić information content (AvgIpc) is 2.36. The quantitative estimate of drug-likeness (QED) is 0.710. The third-order valence-electron chi connectivity index (χ3n) is 3.17. The fourth-order valence-electron chi connectivity index (χ4n) is 2.22. The van der Waals surface area contributed by atoms with Gasteiger partial charge in [-0.2, -0.15) is 0 Å². The molecule has 0 fully saturated rings. The van der Waals surface area contributed by atoms with Crippen molar-refractivity contribution in [3.8, 4) is 11.5 Å². The van der Waals surface area contributed by atoms with E-state index < -0.39 is 0 Å². The fourth-order valence-corrected chi connectivity index (χ4v) is 2.22. The lowest BCUT2D eigenvalue weighted by Gasteiger charge is -2.24. The number of methoxy groups -OCH3 is 1. The number of aliphatic hydroxyl groups is 1. The fraction of sp³-hybridized carbons (Fsp3) is 0.600. The van der Waals surface area contributed by atoms with E-state index in [0.29, 0.717) is 11.7 Å². The first kappa shape index (κ1) is 15.8. The first-order chi connectivity index (χ1) is 8.97. The maximum atomic E-state index is 9.98. The van der Waals surface area contributed by atoms with Gasteiger partial charge in [-0.05, 0) is 25.3 Å². The Bertz CT molecular complexity index is 393. The smallest absolute Gasteiger partial charge is 0.124 e. The maximum absolute atomic E-state index is 9.98. The molecule has 0 saturated carbocycles. The summed E-state index contributed by atoms with van der Waals surface area (Å²) in [6.45, 7) is 6.32. The van der Waals surface area contributed by atoms with Crippen LogP contribution in [0.25, 0.3) is 0 Å². The van der Waals surface area contributed by atoms with Crippen LogP contribution in [0.1, 0.15) is 38.8 Å². The highest BCUT2D eigenvalue weighted by Gasteiger charge is 2.16. The molecule has 4 nitrogen and oxygen atoms in total. The number of phenols is 1. The Morgan fingerprint density at radius 1 is 1.26 bits per heavy atom. The minimum Gasteiger partial charge on any atom is -0.507 e. The van der Waals surface area contributed by atoms with E-state index in [0.717, 1.165) is 12.0 Å². The van der Waals surface area contributed by atoms with Gasteiger partial charge >= 0.3 is 0 Å². The van der Waals surface area contributed by atoms with E-state index in [1.807, 2.05) is 19.1 Å². The summed E-state index contributed by atoms with van der Waals surface area (Å²) in [6.07, 6.45) is 0.901. The van der Waals surface area contributed by atoms with Crippen LogP contribution >= 0.6 is 0 Å². The molecule has 0 aromatic heterocycles. The number of benzene rings is 1. The van der Waals surface area contributed by atoms with Gasteiger partial charge in [-0.3, -0.25) is 0 Å². The Labute approximate surface area is 115 Å². The van der Waals surface area contributed by atoms with E-state index >= 15 is 0 Å². The van der Waals surface area contributed by atoms with Crippen LogP contribution in [-0.4, -0.2) is 30.0 Å². The predicted octanol–water partition coefficient (Wildman–Crippen LogP) is 2.46. The second-order valence-electron chi connectivity index (χ2n) is 5.32. The second kappa shape index (κ2) is 7.36. The van der Waals surface area contributed by atoms with Gasteiger partial charge in [0.05, 0.1) is 13.7 Å². The summed E-state index contributed by atoms with van der Waals surface area (Å²) in [7, 11) is 1.57. The third kappa shape index (κ3) is 4.73. The van der Waals surface area contributed by atoms with Crippen LogP contribution in [0, 0.1) is 5.92 Å². The molecule has 0 saturated heterocycles. The van der Waals surface area contributed by atoms with Crippen molar-refractivity contribution in [2.45, 2.75) is 39.3 Å². The van der Waals surface area contributed by atoms with Crippen LogP contribution < -0.4 is 10.1 Å². The second-order valence-corrected chi connectivity index (χ2v) is 5.32. The largest absolute Gasteiger partial charge is 0.507 e. The number of ether oxygens (including phenoxy) is 1. The molecule has 0 bridgehead atoms. The SMILES string of the molecule is COc1ccc(C(C)NC(CO)CC(C)C)c(O)c1. The lowest BCUT2D eigenvalue weighted by molar-refractivity contribution is 0.214. The Kier molecular flexibility index (Phi) is 6.12. The third-order valence-corrected chi connectivity index (χ3v) is 3.17. The minimum absolute atomic E-state index is 0.0261. The van der Waals surface area contributed by atoms with Gasteiger partial charge in [0.2, 0.25) is 0 Å². The number of aliphatic hydroxyl groups excluding tert-OH is 1. The minimum atomic E-state index is -0.0261. The molecular weight excluding hydrogens is 242 g/mol. The van der Waals surface area contributed by atoms with Crippen molar-refractivity contribution in [2.24, 2.45) is 5.92 Å². The molecule has 0 amide bonds. The summed E-state index contributed by atoms with van der Waals surface area (Å²) in [5.74, 6) is 1.36. The summed E-state index contributed by atoms with van der Waals surface area (Å²) in [6, 6.07) is 5.28. The van der Waals surface area contributed by atoms with Crippen molar-refractivity contribution in [2.75, 3.05) is 13.7 Å². The van der Waals surface area contributed by atoms with E-state index in [2.05, 4.69) is 19.2 Å². The lowest BCUT2D eigenvalue weighted by atomic mass is 10.0. The van der Waals surface area contributed by atoms with Crippen LogP contribution in [0.4, 0.5) is 0 Å². The Morgan fingerprint density at radius 2 is 1.95 bits per heavy atom. The topological polar surface area (TPSA) is 61.7 Å². The molecule has 0 radical (unpaired) electrons. The van der Waals surface area contributed by atoms with E-state index in [1.165, 1.54) is 0 Å². The molecule has 2 atom stereocenters. The molecule has 2 unspecified atom stereocenters. The van der Waals surface area contributed by atoms with Crippen molar-refractivity contribution in [3.63, 3.8) is 0 Å². The number of aromatic hydroxyl groups is 1. The molecule has 108 valence electrons. The number of rotatable bonds is 7. The van der Waals surface area contributed by atoms with Gasteiger partial charge in [-0.1, -0.05) is 19.9 Å². The molecule has 0 heterocycles. The van der Waals surface area contributed by atoms with E-state index in [9.17, 15) is 10.2 Å². The van der Waals surface area contributed by atoms with Gasteiger partial charge in [-0.15, -0.1) is 0 Å². The zero-order valence-electron chi connectivity index (χ0n) is 12.2. The lowest BCUT2D eigenvalue weighted by Crippen LogP contribution is -2.35. The summed E-state index contributed by atoms with van der Waals surface area (Å²) in [5.41, 5.74) is 0.808. The highest BCUT2D eigenvalue weighted by atomic mass is 16.5. The van der Waals surface area contributed by atoms with E-state index in [1.54, 1.807) is 13.2 Å². The van der Waals surface area contributed by atoms with E-state index in [4.69, 9.17) is 4.74 Å². The van der Waals surface area contributed by atoms with Crippen LogP contribution in [0.3, 0.4) is 0 Å². The van der Waals surface area contributed by atoms with Crippen molar-refractivity contribution >= 4 is 0 Å². The van der Waals surface area contributed by atoms with Gasteiger partial charge in [0.1, 0.15) is 11.5 Å². The molecule has 3 N–H and O–H groups in total. The maximum Gasteiger partial charge on any atom is 0.124 e. The highest BCUT2D eigenvalue weighted by molar-refractivity contribution is 5.41. The molecule has 0 aliphatic rings. The van der Waals surface area contributed by atoms with Crippen molar-refractivity contribution in [3.05, 3.63) is 23.8 Å². The van der Waals surface area contributed by atoms with Gasteiger partial charge in [0.15, 0.2) is 0 Å². The van der Waals surface area contributed by atoms with Crippen LogP contribution in [-0.2, 0) is 0 Å². The number of phenolic OH excluding ortho intramolecular Hbond substituents is 1. The van der Waals surface area contributed by atoms with Crippen molar-refractivity contribution in [1.82, 2.24) is 5.32 Å². The molecule has 0 spiro atoms. The van der Waals surface area contributed by atoms with Crippen LogP contribution in [0.2, 0.25) is 0 Å². The van der Waals surface area contributed by atoms with Gasteiger partial charge in [0, 0.05) is 23.7 Å². The number of hydrogen-bond acceptors (Lipinski definition) is 4. The first-order valence-electron chi connectivity index (χ1n) is 6.71. The molecule has 1 aromatic rings. The molecule has 19 heavy (non-hydrogen) atoms. The standard InChI is InChI=1S/C15H25NO3/c1-10(2)7-12(9-17)16-11(3)14-6-5-13(19-4)8-15(14)18/h5-6,8,10-12,16-18H,7,9H2,1-4H3.